The monoisotopic (exact) mass is 290 g/mol. The first kappa shape index (κ1) is 15.5. The largest absolute Gasteiger partial charge is 0.748 e. The number of anilines is 1. The number of hydrogen-bond donors (Lipinski definition) is 2. The summed E-state index contributed by atoms with van der Waals surface area (Å²) in [5.74, 6) is 0.266. The summed E-state index contributed by atoms with van der Waals surface area (Å²) in [6, 6.07) is 4.98. The molecule has 1 rings (SSSR count). The van der Waals surface area contributed by atoms with Crippen molar-refractivity contribution >= 4 is 15.8 Å². The first-order chi connectivity index (χ1) is 8.84. The zero-order valence-electron chi connectivity index (χ0n) is 10.6. The molecule has 0 aliphatic heterocycles. The molecule has 0 radical (unpaired) electrons. The highest BCUT2D eigenvalue weighted by Crippen LogP contribution is 2.25. The number of nitrogens with one attached hydrogen (secondary N) is 1. The molecule has 0 aromatic heterocycles. The third-order valence-electron chi connectivity index (χ3n) is 2.29. The Labute approximate surface area is 111 Å². The van der Waals surface area contributed by atoms with E-state index in [0.717, 1.165) is 0 Å². The number of aliphatic hydroxyl groups excluding tert-OH is 1. The Bertz CT molecular complexity index is 494. The topological polar surface area (TPSA) is 108 Å². The van der Waals surface area contributed by atoms with Crippen molar-refractivity contribution in [3.8, 4) is 11.5 Å². The van der Waals surface area contributed by atoms with Gasteiger partial charge in [0, 0.05) is 30.4 Å². The minimum Gasteiger partial charge on any atom is -0.748 e. The van der Waals surface area contributed by atoms with Gasteiger partial charge in [-0.3, -0.25) is 0 Å². The van der Waals surface area contributed by atoms with Gasteiger partial charge in [-0.15, -0.1) is 0 Å². The first-order valence-electron chi connectivity index (χ1n) is 5.42. The number of ether oxygens (including phenoxy) is 2. The highest BCUT2D eigenvalue weighted by Gasteiger charge is 2.09. The Morgan fingerprint density at radius 1 is 1.26 bits per heavy atom. The molecule has 8 heteroatoms. The fourth-order valence-corrected chi connectivity index (χ4v) is 2.03. The normalized spacial score (nSPS) is 12.8. The lowest BCUT2D eigenvalue weighted by Crippen LogP contribution is -2.27. The second kappa shape index (κ2) is 6.60. The number of benzene rings is 1. The van der Waals surface area contributed by atoms with Gasteiger partial charge in [-0.2, -0.15) is 0 Å². The van der Waals surface area contributed by atoms with E-state index in [2.05, 4.69) is 5.32 Å². The molecule has 0 amide bonds. The molecule has 0 heterocycles. The third-order valence-corrected chi connectivity index (χ3v) is 3.08. The van der Waals surface area contributed by atoms with Crippen molar-refractivity contribution in [1.29, 1.82) is 0 Å². The molecule has 1 atom stereocenters. The standard InChI is InChI=1S/C11H17NO6S/c1-17-10-3-8(4-11(5-10)18-2)12-6-9(13)7-19(14,15)16/h3-5,9,12-13H,6-7H2,1-2H3,(H,14,15,16)/p-1. The van der Waals surface area contributed by atoms with Gasteiger partial charge in [0.1, 0.15) is 11.5 Å². The van der Waals surface area contributed by atoms with Crippen LogP contribution in [-0.2, 0) is 10.1 Å². The van der Waals surface area contributed by atoms with Gasteiger partial charge in [0.15, 0.2) is 0 Å². The number of hydrogen-bond acceptors (Lipinski definition) is 7. The van der Waals surface area contributed by atoms with Crippen molar-refractivity contribution in [1.82, 2.24) is 0 Å². The van der Waals surface area contributed by atoms with Crippen molar-refractivity contribution < 1.29 is 27.6 Å². The third kappa shape index (κ3) is 5.77. The zero-order valence-corrected chi connectivity index (χ0v) is 11.4. The lowest BCUT2D eigenvalue weighted by molar-refractivity contribution is 0.207. The molecule has 1 aromatic rings. The Morgan fingerprint density at radius 2 is 1.79 bits per heavy atom. The number of rotatable bonds is 7. The second-order valence-corrected chi connectivity index (χ2v) is 5.31. The molecule has 0 bridgehead atoms. The maximum Gasteiger partial charge on any atom is 0.124 e. The van der Waals surface area contributed by atoms with Gasteiger partial charge in [0.05, 0.1) is 36.2 Å². The van der Waals surface area contributed by atoms with Gasteiger partial charge in [-0.05, 0) is 0 Å². The SMILES string of the molecule is COc1cc(NCC(O)CS(=O)(=O)[O-])cc(OC)c1. The minimum absolute atomic E-state index is 0.0716. The summed E-state index contributed by atoms with van der Waals surface area (Å²) in [5.41, 5.74) is 0.582. The van der Waals surface area contributed by atoms with Gasteiger partial charge >= 0.3 is 0 Å². The van der Waals surface area contributed by atoms with Crippen molar-refractivity contribution in [3.63, 3.8) is 0 Å². The van der Waals surface area contributed by atoms with Crippen molar-refractivity contribution in [3.05, 3.63) is 18.2 Å². The molecule has 1 unspecified atom stereocenters. The van der Waals surface area contributed by atoms with Crippen LogP contribution >= 0.6 is 0 Å². The molecule has 0 saturated carbocycles. The van der Waals surface area contributed by atoms with Gasteiger partial charge in [-0.25, -0.2) is 8.42 Å². The first-order valence-corrected chi connectivity index (χ1v) is 7.00. The van der Waals surface area contributed by atoms with Crippen LogP contribution < -0.4 is 14.8 Å². The average molecular weight is 290 g/mol. The molecule has 2 N–H and O–H groups in total. The molecule has 0 fully saturated rings. The van der Waals surface area contributed by atoms with Crippen LogP contribution in [0.4, 0.5) is 5.69 Å². The molecule has 1 aromatic carbocycles. The van der Waals surface area contributed by atoms with Crippen LogP contribution in [-0.4, -0.2) is 50.7 Å². The maximum atomic E-state index is 10.5. The van der Waals surface area contributed by atoms with E-state index in [4.69, 9.17) is 9.47 Å². The molecule has 7 nitrogen and oxygen atoms in total. The van der Waals surface area contributed by atoms with Gasteiger partial charge in [0.2, 0.25) is 0 Å². The summed E-state index contributed by atoms with van der Waals surface area (Å²) in [4.78, 5) is 0. The molecule has 108 valence electrons. The highest BCUT2D eigenvalue weighted by atomic mass is 32.2. The van der Waals surface area contributed by atoms with Crippen LogP contribution in [0.1, 0.15) is 0 Å². The van der Waals surface area contributed by atoms with Crippen LogP contribution in [0.2, 0.25) is 0 Å². The average Bonchev–Trinajstić information content (AvgIpc) is 2.33. The summed E-state index contributed by atoms with van der Waals surface area (Å²) in [6.45, 7) is -0.0716. The van der Waals surface area contributed by atoms with Gasteiger partial charge < -0.3 is 24.4 Å². The summed E-state index contributed by atoms with van der Waals surface area (Å²) >= 11 is 0. The van der Waals surface area contributed by atoms with Crippen LogP contribution in [0.3, 0.4) is 0 Å². The van der Waals surface area contributed by atoms with Crippen LogP contribution in [0, 0.1) is 0 Å². The van der Waals surface area contributed by atoms with Crippen molar-refractivity contribution in [2.24, 2.45) is 0 Å². The molecule has 19 heavy (non-hydrogen) atoms. The van der Waals surface area contributed by atoms with Crippen molar-refractivity contribution in [2.45, 2.75) is 6.10 Å². The van der Waals surface area contributed by atoms with E-state index < -0.39 is 22.0 Å². The predicted molar refractivity (Wildman–Crippen MR) is 68.6 cm³/mol. The van der Waals surface area contributed by atoms with Crippen LogP contribution in [0.25, 0.3) is 0 Å². The van der Waals surface area contributed by atoms with E-state index in [-0.39, 0.29) is 6.54 Å². The quantitative estimate of drug-likeness (QED) is 0.681. The Kier molecular flexibility index (Phi) is 5.40. The molecular formula is C11H16NO6S-. The van der Waals surface area contributed by atoms with E-state index in [1.165, 1.54) is 14.2 Å². The van der Waals surface area contributed by atoms with E-state index in [1.807, 2.05) is 0 Å². The lowest BCUT2D eigenvalue weighted by atomic mass is 10.2. The van der Waals surface area contributed by atoms with Crippen molar-refractivity contribution in [2.75, 3.05) is 31.8 Å². The fraction of sp³-hybridized carbons (Fsp3) is 0.455. The summed E-state index contributed by atoms with van der Waals surface area (Å²) < 4.78 is 41.5. The summed E-state index contributed by atoms with van der Waals surface area (Å²) in [7, 11) is -1.45. The fourth-order valence-electron chi connectivity index (χ4n) is 1.44. The zero-order chi connectivity index (χ0) is 14.5. The maximum absolute atomic E-state index is 10.5. The molecule has 0 spiro atoms. The molecule has 0 aliphatic carbocycles. The van der Waals surface area contributed by atoms with Crippen LogP contribution in [0.15, 0.2) is 18.2 Å². The number of aliphatic hydroxyl groups is 1. The highest BCUT2D eigenvalue weighted by molar-refractivity contribution is 7.85. The Hall–Kier alpha value is -1.51. The van der Waals surface area contributed by atoms with E-state index in [1.54, 1.807) is 18.2 Å². The van der Waals surface area contributed by atoms with E-state index >= 15 is 0 Å². The van der Waals surface area contributed by atoms with Gasteiger partial charge in [0.25, 0.3) is 0 Å². The molecular weight excluding hydrogens is 274 g/mol. The number of methoxy groups -OCH3 is 2. The Balaban J connectivity index is 2.66. The molecule has 0 saturated heterocycles. The van der Waals surface area contributed by atoms with E-state index in [9.17, 15) is 18.1 Å². The smallest absolute Gasteiger partial charge is 0.124 e. The lowest BCUT2D eigenvalue weighted by Gasteiger charge is -2.15. The summed E-state index contributed by atoms with van der Waals surface area (Å²) in [6.07, 6.45) is -1.28. The molecule has 0 aliphatic rings. The Morgan fingerprint density at radius 3 is 2.21 bits per heavy atom. The minimum atomic E-state index is -4.44. The predicted octanol–water partition coefficient (Wildman–Crippen LogP) is 0.0218. The second-order valence-electron chi connectivity index (χ2n) is 3.86. The van der Waals surface area contributed by atoms with Crippen LogP contribution in [0.5, 0.6) is 11.5 Å². The summed E-state index contributed by atoms with van der Waals surface area (Å²) in [5, 5.41) is 12.2. The van der Waals surface area contributed by atoms with Gasteiger partial charge in [-0.1, -0.05) is 0 Å². The van der Waals surface area contributed by atoms with E-state index in [0.29, 0.717) is 17.2 Å².